The molecule has 0 aliphatic heterocycles. The van der Waals surface area contributed by atoms with E-state index in [1.807, 2.05) is 0 Å². The van der Waals surface area contributed by atoms with E-state index in [0.717, 1.165) is 6.42 Å². The Balaban J connectivity index is 0.000000351. The quantitative estimate of drug-likeness (QED) is 0.247. The Bertz CT molecular complexity index is 1170. The second-order valence-electron chi connectivity index (χ2n) is 14.4. The number of rotatable bonds is 0. The molecule has 2 aliphatic carbocycles. The molecule has 2 aliphatic rings. The molecule has 0 bridgehead atoms. The summed E-state index contributed by atoms with van der Waals surface area (Å²) in [6.45, 7) is 22.4. The molecule has 0 unspecified atom stereocenters. The predicted octanol–water partition coefficient (Wildman–Crippen LogP) is 4.34. The van der Waals surface area contributed by atoms with Gasteiger partial charge in [-0.1, -0.05) is 98.4 Å². The zero-order valence-electron chi connectivity index (χ0n) is 26.6. The fraction of sp³-hybridized carbons (Fsp3) is 0.514. The van der Waals surface area contributed by atoms with Crippen molar-refractivity contribution in [2.45, 2.75) is 124 Å². The van der Waals surface area contributed by atoms with E-state index < -0.39 is 0 Å². The molecule has 0 N–H and O–H groups in total. The summed E-state index contributed by atoms with van der Waals surface area (Å²) in [6.07, 6.45) is 8.34. The minimum atomic E-state index is 0. The van der Waals surface area contributed by atoms with Crippen LogP contribution in [0, 0.1) is 13.0 Å². The van der Waals surface area contributed by atoms with Gasteiger partial charge in [0.25, 0.3) is 0 Å². The molecule has 0 spiro atoms. The van der Waals surface area contributed by atoms with E-state index in [-0.39, 0.29) is 35.6 Å². The van der Waals surface area contributed by atoms with Crippen molar-refractivity contribution in [3.8, 4) is 11.1 Å². The summed E-state index contributed by atoms with van der Waals surface area (Å²) in [5, 5.41) is 0. The Morgan fingerprint density at radius 3 is 1.70 bits per heavy atom. The van der Waals surface area contributed by atoms with Crippen molar-refractivity contribution in [1.82, 2.24) is 0 Å². The molecular formula is C37H50Cl2Zr-2. The van der Waals surface area contributed by atoms with Crippen LogP contribution in [0.5, 0.6) is 0 Å². The first-order chi connectivity index (χ1) is 17.6. The molecule has 0 atom stereocenters. The van der Waals surface area contributed by atoms with Crippen LogP contribution in [0.1, 0.15) is 128 Å². The molecule has 1 saturated carbocycles. The van der Waals surface area contributed by atoms with Gasteiger partial charge in [-0.15, -0.1) is 11.1 Å². The summed E-state index contributed by atoms with van der Waals surface area (Å²) >= 11 is 1.69. The van der Waals surface area contributed by atoms with Crippen molar-refractivity contribution < 1.29 is 49.0 Å². The third-order valence-electron chi connectivity index (χ3n) is 7.70. The monoisotopic (exact) mass is 654 g/mol. The number of hydrogen-bond donors (Lipinski definition) is 0. The minimum absolute atomic E-state index is 0. The Kier molecular flexibility index (Phi) is 14.0. The van der Waals surface area contributed by atoms with Crippen LogP contribution < -0.4 is 24.8 Å². The molecule has 3 heteroatoms. The van der Waals surface area contributed by atoms with Gasteiger partial charge in [-0.2, -0.15) is 47.0 Å². The fourth-order valence-corrected chi connectivity index (χ4v) is 5.90. The Hall–Kier alpha value is -0.877. The van der Waals surface area contributed by atoms with Crippen LogP contribution in [0.3, 0.4) is 0 Å². The van der Waals surface area contributed by atoms with E-state index in [1.165, 1.54) is 76.6 Å². The Labute approximate surface area is 273 Å². The molecule has 0 radical (unpaired) electrons. The van der Waals surface area contributed by atoms with Gasteiger partial charge in [0, 0.05) is 0 Å². The normalized spacial score (nSPS) is 14.3. The summed E-state index contributed by atoms with van der Waals surface area (Å²) in [5.74, 6) is 0. The maximum atomic E-state index is 3.67. The standard InChI is InChI=1S/C21H25.C10H15.C6H10.2ClH.Zr/c1-20(2,3)16-7-9-18-14(12-16)11-15-13-17(21(4,5)6)8-10-19(15)18;1-8-5-6-9(7-8)10(2,3)4;1-2-4-6-5-3-1;;;/h7-10,12H,11H2,1-6H3;5-7H,1-4H3;1-5H2;2*1H;/q2*-1;;;;+2/p-2. The first-order valence-corrected chi connectivity index (χ1v) is 15.8. The van der Waals surface area contributed by atoms with Crippen LogP contribution in [0.4, 0.5) is 0 Å². The van der Waals surface area contributed by atoms with E-state index >= 15 is 0 Å². The summed E-state index contributed by atoms with van der Waals surface area (Å²) in [5.41, 5.74) is 11.8. The van der Waals surface area contributed by atoms with Crippen molar-refractivity contribution in [2.75, 3.05) is 0 Å². The molecule has 0 heterocycles. The first kappa shape index (κ1) is 37.1. The summed E-state index contributed by atoms with van der Waals surface area (Å²) in [7, 11) is 0. The van der Waals surface area contributed by atoms with E-state index in [9.17, 15) is 0 Å². The van der Waals surface area contributed by atoms with Crippen molar-refractivity contribution in [3.05, 3.63) is 88.0 Å². The second kappa shape index (κ2) is 15.0. The average molecular weight is 657 g/mol. The fourth-order valence-electron chi connectivity index (χ4n) is 5.04. The average Bonchev–Trinajstić information content (AvgIpc) is 3.42. The summed E-state index contributed by atoms with van der Waals surface area (Å²) in [4.78, 5) is 0. The molecule has 218 valence electrons. The number of aryl methyl sites for hydroxylation is 1. The van der Waals surface area contributed by atoms with Crippen molar-refractivity contribution in [3.63, 3.8) is 0 Å². The molecule has 0 nitrogen and oxygen atoms in total. The topological polar surface area (TPSA) is 0 Å². The van der Waals surface area contributed by atoms with Crippen LogP contribution in [-0.4, -0.2) is 3.21 Å². The van der Waals surface area contributed by atoms with Crippen molar-refractivity contribution in [1.29, 1.82) is 0 Å². The third-order valence-corrected chi connectivity index (χ3v) is 8.93. The van der Waals surface area contributed by atoms with Crippen LogP contribution in [-0.2, 0) is 46.9 Å². The van der Waals surface area contributed by atoms with Gasteiger partial charge in [0.1, 0.15) is 0 Å². The Morgan fingerprint density at radius 1 is 0.700 bits per heavy atom. The Morgan fingerprint density at radius 2 is 1.27 bits per heavy atom. The molecule has 5 rings (SSSR count). The van der Waals surface area contributed by atoms with Gasteiger partial charge in [-0.3, -0.25) is 0 Å². The number of halogens is 2. The van der Waals surface area contributed by atoms with Gasteiger partial charge in [0.15, 0.2) is 0 Å². The van der Waals surface area contributed by atoms with Crippen LogP contribution in [0.2, 0.25) is 0 Å². The maximum absolute atomic E-state index is 3.67. The number of fused-ring (bicyclic) bond motifs is 3. The SMILES string of the molecule is CC(C)(C)c1[c-]c2c(cc1)-c1ccc(C(C)(C)C)cc1C2.Cc1cc(C(C)(C)C)c[cH-]1.[Cl-].[Cl-].[Zr+2]=[C]1CCCCC1. The number of hydrogen-bond acceptors (Lipinski definition) is 0. The zero-order chi connectivity index (χ0) is 28.3. The van der Waals surface area contributed by atoms with Gasteiger partial charge < -0.3 is 24.8 Å². The molecule has 0 amide bonds. The van der Waals surface area contributed by atoms with E-state index in [2.05, 4.69) is 124 Å². The van der Waals surface area contributed by atoms with Gasteiger partial charge in [0.2, 0.25) is 0 Å². The molecule has 1 fully saturated rings. The third kappa shape index (κ3) is 10.4. The molecule has 40 heavy (non-hydrogen) atoms. The molecule has 0 aromatic heterocycles. The van der Waals surface area contributed by atoms with Crippen LogP contribution in [0.15, 0.2) is 48.5 Å². The first-order valence-electron chi connectivity index (χ1n) is 14.6. The van der Waals surface area contributed by atoms with Crippen LogP contribution in [0.25, 0.3) is 11.1 Å². The van der Waals surface area contributed by atoms with Gasteiger partial charge in [0.05, 0.1) is 0 Å². The van der Waals surface area contributed by atoms with Gasteiger partial charge in [-0.25, -0.2) is 6.07 Å². The van der Waals surface area contributed by atoms with E-state index in [1.54, 1.807) is 27.4 Å². The van der Waals surface area contributed by atoms with E-state index in [4.69, 9.17) is 0 Å². The number of benzene rings is 2. The van der Waals surface area contributed by atoms with Crippen molar-refractivity contribution in [2.24, 2.45) is 0 Å². The molecule has 0 saturated heterocycles. The molecule has 3 aromatic carbocycles. The predicted molar refractivity (Wildman–Crippen MR) is 164 cm³/mol. The van der Waals surface area contributed by atoms with Crippen molar-refractivity contribution >= 4 is 3.21 Å². The molecule has 3 aromatic rings. The van der Waals surface area contributed by atoms with E-state index in [0.29, 0.717) is 5.41 Å². The van der Waals surface area contributed by atoms with Crippen LogP contribution >= 0.6 is 0 Å². The van der Waals surface area contributed by atoms with Gasteiger partial charge >= 0.3 is 59.5 Å². The summed E-state index contributed by atoms with van der Waals surface area (Å²) in [6, 6.07) is 21.8. The molecular weight excluding hydrogens is 607 g/mol. The van der Waals surface area contributed by atoms with Gasteiger partial charge in [-0.05, 0) is 28.4 Å². The zero-order valence-corrected chi connectivity index (χ0v) is 30.6. The summed E-state index contributed by atoms with van der Waals surface area (Å²) < 4.78 is 1.80. The second-order valence-corrected chi connectivity index (χ2v) is 16.1.